The van der Waals surface area contributed by atoms with Crippen molar-refractivity contribution in [3.8, 4) is 12.3 Å². The first-order valence-corrected chi connectivity index (χ1v) is 5.63. The van der Waals surface area contributed by atoms with Crippen LogP contribution in [0.4, 0.5) is 0 Å². The lowest BCUT2D eigenvalue weighted by Crippen LogP contribution is -2.46. The van der Waals surface area contributed by atoms with E-state index >= 15 is 0 Å². The summed E-state index contributed by atoms with van der Waals surface area (Å²) in [5.41, 5.74) is 0. The highest BCUT2D eigenvalue weighted by Crippen LogP contribution is 2.09. The molecule has 0 saturated carbocycles. The summed E-state index contributed by atoms with van der Waals surface area (Å²) in [6.45, 7) is 5.74. The Morgan fingerprint density at radius 2 is 2.07 bits per heavy atom. The van der Waals surface area contributed by atoms with E-state index in [1.807, 2.05) is 18.7 Å². The van der Waals surface area contributed by atoms with Crippen LogP contribution in [-0.2, 0) is 4.79 Å². The van der Waals surface area contributed by atoms with Gasteiger partial charge in [0.15, 0.2) is 0 Å². The van der Waals surface area contributed by atoms with Gasteiger partial charge in [-0.2, -0.15) is 0 Å². The minimum Gasteiger partial charge on any atom is -0.341 e. The third-order valence-electron chi connectivity index (χ3n) is 2.75. The van der Waals surface area contributed by atoms with Crippen LogP contribution in [0.1, 0.15) is 33.1 Å². The van der Waals surface area contributed by atoms with Gasteiger partial charge < -0.3 is 10.2 Å². The van der Waals surface area contributed by atoms with Crippen molar-refractivity contribution in [3.05, 3.63) is 0 Å². The second-order valence-corrected chi connectivity index (χ2v) is 4.23. The van der Waals surface area contributed by atoms with Crippen LogP contribution in [0.3, 0.4) is 0 Å². The quantitative estimate of drug-likeness (QED) is 0.699. The van der Waals surface area contributed by atoms with Gasteiger partial charge >= 0.3 is 0 Å². The first-order chi connectivity index (χ1) is 7.15. The first-order valence-electron chi connectivity index (χ1n) is 5.63. The molecule has 2 atom stereocenters. The summed E-state index contributed by atoms with van der Waals surface area (Å²) in [6.07, 6.45) is 8.16. The summed E-state index contributed by atoms with van der Waals surface area (Å²) in [5.74, 6) is 2.80. The number of terminal acetylenes is 1. The van der Waals surface area contributed by atoms with E-state index in [4.69, 9.17) is 6.42 Å². The van der Waals surface area contributed by atoms with E-state index in [9.17, 15) is 4.79 Å². The van der Waals surface area contributed by atoms with E-state index in [0.29, 0.717) is 6.42 Å². The smallest absolute Gasteiger partial charge is 0.239 e. The molecule has 0 aliphatic carbocycles. The lowest BCUT2D eigenvalue weighted by atomic mass is 10.2. The van der Waals surface area contributed by atoms with Gasteiger partial charge in [0.25, 0.3) is 0 Å². The number of likely N-dealkylation sites (tertiary alicyclic amines) is 1. The lowest BCUT2D eigenvalue weighted by Gasteiger charge is -2.23. The zero-order valence-electron chi connectivity index (χ0n) is 9.62. The molecule has 1 saturated heterocycles. The molecule has 0 aromatic heterocycles. The summed E-state index contributed by atoms with van der Waals surface area (Å²) in [4.78, 5) is 13.8. The standard InChI is InChI=1S/C12H20N2O/c1-4-7-10(2)13-11(3)12(15)14-8-5-6-9-14/h1,10-11,13H,5-9H2,2-3H3. The molecular weight excluding hydrogens is 188 g/mol. The van der Waals surface area contributed by atoms with Gasteiger partial charge in [0, 0.05) is 25.6 Å². The number of carbonyl (C=O) groups is 1. The van der Waals surface area contributed by atoms with Crippen LogP contribution in [0.25, 0.3) is 0 Å². The molecule has 0 radical (unpaired) electrons. The van der Waals surface area contributed by atoms with Crippen LogP contribution >= 0.6 is 0 Å². The second-order valence-electron chi connectivity index (χ2n) is 4.23. The molecule has 3 heteroatoms. The molecule has 1 aliphatic heterocycles. The number of nitrogens with one attached hydrogen (secondary N) is 1. The van der Waals surface area contributed by atoms with E-state index in [0.717, 1.165) is 25.9 Å². The van der Waals surface area contributed by atoms with Crippen molar-refractivity contribution in [1.29, 1.82) is 0 Å². The highest BCUT2D eigenvalue weighted by atomic mass is 16.2. The first kappa shape index (κ1) is 12.1. The normalized spacial score (nSPS) is 19.7. The number of hydrogen-bond donors (Lipinski definition) is 1. The molecule has 1 N–H and O–H groups in total. The maximum absolute atomic E-state index is 11.9. The summed E-state index contributed by atoms with van der Waals surface area (Å²) < 4.78 is 0. The number of nitrogens with zero attached hydrogens (tertiary/aromatic N) is 1. The summed E-state index contributed by atoms with van der Waals surface area (Å²) >= 11 is 0. The molecule has 0 aromatic carbocycles. The van der Waals surface area contributed by atoms with Gasteiger partial charge in [0.1, 0.15) is 0 Å². The Hall–Kier alpha value is -1.01. The van der Waals surface area contributed by atoms with Gasteiger partial charge in [-0.1, -0.05) is 0 Å². The fourth-order valence-electron chi connectivity index (χ4n) is 1.95. The fourth-order valence-corrected chi connectivity index (χ4v) is 1.95. The van der Waals surface area contributed by atoms with E-state index in [1.54, 1.807) is 0 Å². The van der Waals surface area contributed by atoms with Crippen LogP contribution in [0, 0.1) is 12.3 Å². The van der Waals surface area contributed by atoms with Gasteiger partial charge in [-0.05, 0) is 26.7 Å². The molecule has 2 unspecified atom stereocenters. The Morgan fingerprint density at radius 1 is 1.47 bits per heavy atom. The number of hydrogen-bond acceptors (Lipinski definition) is 2. The monoisotopic (exact) mass is 208 g/mol. The molecular formula is C12H20N2O. The predicted octanol–water partition coefficient (Wildman–Crippen LogP) is 0.999. The van der Waals surface area contributed by atoms with E-state index < -0.39 is 0 Å². The summed E-state index contributed by atoms with van der Waals surface area (Å²) in [5, 5.41) is 3.22. The Labute approximate surface area is 92.2 Å². The minimum absolute atomic E-state index is 0.119. The zero-order valence-corrected chi connectivity index (χ0v) is 9.62. The van der Waals surface area contributed by atoms with Crippen molar-refractivity contribution in [2.45, 2.75) is 45.2 Å². The Morgan fingerprint density at radius 3 is 2.60 bits per heavy atom. The highest BCUT2D eigenvalue weighted by molar-refractivity contribution is 5.81. The molecule has 3 nitrogen and oxygen atoms in total. The third kappa shape index (κ3) is 3.56. The lowest BCUT2D eigenvalue weighted by molar-refractivity contribution is -0.132. The van der Waals surface area contributed by atoms with Gasteiger partial charge in [0.05, 0.1) is 6.04 Å². The summed E-state index contributed by atoms with van der Waals surface area (Å²) in [6, 6.07) is 0.0861. The van der Waals surface area contributed by atoms with Crippen LogP contribution < -0.4 is 5.32 Å². The molecule has 1 rings (SSSR count). The maximum atomic E-state index is 11.9. The van der Waals surface area contributed by atoms with Crippen molar-refractivity contribution >= 4 is 5.91 Å². The second kappa shape index (κ2) is 5.77. The van der Waals surface area contributed by atoms with Crippen LogP contribution in [-0.4, -0.2) is 36.0 Å². The SMILES string of the molecule is C#CCC(C)NC(C)C(=O)N1CCCC1. The molecule has 0 aromatic rings. The number of amides is 1. The van der Waals surface area contributed by atoms with Crippen molar-refractivity contribution in [1.82, 2.24) is 10.2 Å². The van der Waals surface area contributed by atoms with E-state index in [1.165, 1.54) is 0 Å². The molecule has 84 valence electrons. The maximum Gasteiger partial charge on any atom is 0.239 e. The molecule has 0 bridgehead atoms. The van der Waals surface area contributed by atoms with E-state index in [2.05, 4.69) is 11.2 Å². The molecule has 1 fully saturated rings. The zero-order chi connectivity index (χ0) is 11.3. The number of carbonyl (C=O) groups excluding carboxylic acids is 1. The summed E-state index contributed by atoms with van der Waals surface area (Å²) in [7, 11) is 0. The van der Waals surface area contributed by atoms with E-state index in [-0.39, 0.29) is 18.0 Å². The molecule has 0 spiro atoms. The largest absolute Gasteiger partial charge is 0.341 e. The minimum atomic E-state index is -0.119. The van der Waals surface area contributed by atoms with Gasteiger partial charge in [-0.25, -0.2) is 0 Å². The van der Waals surface area contributed by atoms with Crippen LogP contribution in [0.15, 0.2) is 0 Å². The highest BCUT2D eigenvalue weighted by Gasteiger charge is 2.23. The Balaban J connectivity index is 2.35. The van der Waals surface area contributed by atoms with Crippen molar-refractivity contribution in [2.24, 2.45) is 0 Å². The average molecular weight is 208 g/mol. The van der Waals surface area contributed by atoms with Gasteiger partial charge in [-0.3, -0.25) is 4.79 Å². The third-order valence-corrected chi connectivity index (χ3v) is 2.75. The molecule has 15 heavy (non-hydrogen) atoms. The van der Waals surface area contributed by atoms with Crippen molar-refractivity contribution in [3.63, 3.8) is 0 Å². The number of rotatable bonds is 4. The molecule has 1 aliphatic rings. The Bertz CT molecular complexity index is 251. The van der Waals surface area contributed by atoms with Gasteiger partial charge in [0.2, 0.25) is 5.91 Å². The topological polar surface area (TPSA) is 32.3 Å². The van der Waals surface area contributed by atoms with Crippen molar-refractivity contribution in [2.75, 3.05) is 13.1 Å². The molecule has 1 heterocycles. The van der Waals surface area contributed by atoms with Crippen LogP contribution in [0.2, 0.25) is 0 Å². The fraction of sp³-hybridized carbons (Fsp3) is 0.750. The molecule has 1 amide bonds. The average Bonchev–Trinajstić information content (AvgIpc) is 2.69. The van der Waals surface area contributed by atoms with Crippen molar-refractivity contribution < 1.29 is 4.79 Å². The van der Waals surface area contributed by atoms with Crippen LogP contribution in [0.5, 0.6) is 0 Å². The predicted molar refractivity (Wildman–Crippen MR) is 61.3 cm³/mol. The van der Waals surface area contributed by atoms with Gasteiger partial charge in [-0.15, -0.1) is 12.3 Å². The Kier molecular flexibility index (Phi) is 4.64.